The first-order valence-corrected chi connectivity index (χ1v) is 9.20. The molecular formula is C16H23N5O9. The van der Waals surface area contributed by atoms with Gasteiger partial charge in [-0.15, -0.1) is 0 Å². The van der Waals surface area contributed by atoms with Gasteiger partial charge < -0.3 is 50.6 Å². The van der Waals surface area contributed by atoms with Crippen LogP contribution in [0, 0.1) is 0 Å². The number of rotatable bonds is 5. The first-order valence-electron chi connectivity index (χ1n) is 9.20. The Balaban J connectivity index is 1.57. The SMILES string of the molecule is Nc1ncnc2c1ncn2[C@@H]1O[C@H](CO)[C@@H](O[C@@H]2O[C@H](CO)[C@H](O)[C@H](O)[C@H]2O)[C@H]1O. The maximum absolute atomic E-state index is 10.8. The summed E-state index contributed by atoms with van der Waals surface area (Å²) in [5.41, 5.74) is 6.36. The second-order valence-corrected chi connectivity index (χ2v) is 7.12. The Kier molecular flexibility index (Phi) is 5.84. The normalized spacial score (nSPS) is 39.6. The second kappa shape index (κ2) is 8.26. The van der Waals surface area contributed by atoms with Crippen molar-refractivity contribution in [2.24, 2.45) is 0 Å². The number of aromatic nitrogens is 4. The number of nitrogen functional groups attached to an aromatic ring is 1. The molecule has 9 atom stereocenters. The highest BCUT2D eigenvalue weighted by atomic mass is 16.7. The summed E-state index contributed by atoms with van der Waals surface area (Å²) in [6.45, 7) is -1.18. The van der Waals surface area contributed by atoms with Crippen molar-refractivity contribution >= 4 is 17.0 Å². The van der Waals surface area contributed by atoms with Gasteiger partial charge in [0.15, 0.2) is 24.0 Å². The number of imidazole rings is 1. The molecule has 14 heteroatoms. The highest BCUT2D eigenvalue weighted by Gasteiger charge is 2.51. The van der Waals surface area contributed by atoms with Crippen LogP contribution in [0.1, 0.15) is 6.23 Å². The number of fused-ring (bicyclic) bond motifs is 1. The first-order chi connectivity index (χ1) is 14.4. The summed E-state index contributed by atoms with van der Waals surface area (Å²) >= 11 is 0. The van der Waals surface area contributed by atoms with Crippen molar-refractivity contribution < 1.29 is 44.8 Å². The number of anilines is 1. The molecule has 30 heavy (non-hydrogen) atoms. The van der Waals surface area contributed by atoms with Crippen LogP contribution in [-0.4, -0.2) is 112 Å². The number of ether oxygens (including phenoxy) is 3. The molecule has 8 N–H and O–H groups in total. The smallest absolute Gasteiger partial charge is 0.187 e. The van der Waals surface area contributed by atoms with Gasteiger partial charge in [-0.05, 0) is 0 Å². The minimum absolute atomic E-state index is 0.138. The molecule has 0 aliphatic carbocycles. The summed E-state index contributed by atoms with van der Waals surface area (Å²) in [6, 6.07) is 0. The van der Waals surface area contributed by atoms with Gasteiger partial charge in [0.05, 0.1) is 19.5 Å². The summed E-state index contributed by atoms with van der Waals surface area (Å²) in [5, 5.41) is 59.8. The summed E-state index contributed by atoms with van der Waals surface area (Å²) < 4.78 is 18.0. The van der Waals surface area contributed by atoms with Crippen molar-refractivity contribution in [3.05, 3.63) is 12.7 Å². The summed E-state index contributed by atoms with van der Waals surface area (Å²) in [6.07, 6.45) is -9.68. The average molecular weight is 429 g/mol. The lowest BCUT2D eigenvalue weighted by atomic mass is 9.99. The molecule has 2 aliphatic rings. The molecule has 0 spiro atoms. The third-order valence-corrected chi connectivity index (χ3v) is 5.29. The molecular weight excluding hydrogens is 406 g/mol. The van der Waals surface area contributed by atoms with Crippen molar-refractivity contribution in [2.45, 2.75) is 55.2 Å². The van der Waals surface area contributed by atoms with E-state index in [0.29, 0.717) is 5.52 Å². The maximum atomic E-state index is 10.8. The molecule has 4 heterocycles. The number of aliphatic hydroxyl groups excluding tert-OH is 6. The van der Waals surface area contributed by atoms with E-state index < -0.39 is 68.5 Å². The van der Waals surface area contributed by atoms with Gasteiger partial charge in [0.2, 0.25) is 0 Å². The zero-order valence-corrected chi connectivity index (χ0v) is 15.5. The minimum atomic E-state index is -1.67. The van der Waals surface area contributed by atoms with Crippen LogP contribution < -0.4 is 5.73 Å². The lowest BCUT2D eigenvalue weighted by Gasteiger charge is -2.41. The number of nitrogens with zero attached hydrogens (tertiary/aromatic N) is 4. The molecule has 2 saturated heterocycles. The standard InChI is InChI=1S/C16H23N5O9/c17-13-7-14(19-3-18-13)21(4-20-7)15-11(27)12(6(2-23)28-15)30-16-10(26)9(25)8(24)5(1-22)29-16/h3-6,8-12,15-16,22-27H,1-2H2,(H2,17,18,19)/t5-,6-,8+,9+,10-,11-,12-,15-,16+/m1/s1. The van der Waals surface area contributed by atoms with Crippen LogP contribution >= 0.6 is 0 Å². The van der Waals surface area contributed by atoms with Gasteiger partial charge in [-0.1, -0.05) is 0 Å². The molecule has 4 rings (SSSR count). The van der Waals surface area contributed by atoms with Crippen molar-refractivity contribution in [1.82, 2.24) is 19.5 Å². The Morgan fingerprint density at radius 2 is 1.67 bits per heavy atom. The highest BCUT2D eigenvalue weighted by Crippen LogP contribution is 2.35. The fraction of sp³-hybridized carbons (Fsp3) is 0.688. The molecule has 2 aromatic rings. The summed E-state index contributed by atoms with van der Waals surface area (Å²) in [5.74, 6) is 0.138. The minimum Gasteiger partial charge on any atom is -0.394 e. The summed E-state index contributed by atoms with van der Waals surface area (Å²) in [4.78, 5) is 12.0. The predicted molar refractivity (Wildman–Crippen MR) is 95.4 cm³/mol. The molecule has 2 aliphatic heterocycles. The Labute approximate surface area is 169 Å². The van der Waals surface area contributed by atoms with Gasteiger partial charge in [-0.2, -0.15) is 0 Å². The number of nitrogens with two attached hydrogens (primary N) is 1. The first kappa shape index (κ1) is 21.2. The van der Waals surface area contributed by atoms with E-state index in [4.69, 9.17) is 19.9 Å². The van der Waals surface area contributed by atoms with Crippen LogP contribution in [0.15, 0.2) is 12.7 Å². The molecule has 0 unspecified atom stereocenters. The Morgan fingerprint density at radius 3 is 2.37 bits per heavy atom. The van der Waals surface area contributed by atoms with Gasteiger partial charge in [-0.25, -0.2) is 15.0 Å². The zero-order valence-electron chi connectivity index (χ0n) is 15.5. The van der Waals surface area contributed by atoms with E-state index in [2.05, 4.69) is 15.0 Å². The quantitative estimate of drug-likeness (QED) is 0.240. The van der Waals surface area contributed by atoms with Gasteiger partial charge in [0, 0.05) is 0 Å². The molecule has 0 bridgehead atoms. The molecule has 2 aromatic heterocycles. The third kappa shape index (κ3) is 3.41. The van der Waals surface area contributed by atoms with Crippen molar-refractivity contribution in [3.63, 3.8) is 0 Å². The Morgan fingerprint density at radius 1 is 0.933 bits per heavy atom. The molecule has 0 saturated carbocycles. The molecule has 0 aromatic carbocycles. The fourth-order valence-corrected chi connectivity index (χ4v) is 3.66. The Hall–Kier alpha value is -2.01. The van der Waals surface area contributed by atoms with E-state index in [1.165, 1.54) is 17.2 Å². The predicted octanol–water partition coefficient (Wildman–Crippen LogP) is -4.16. The monoisotopic (exact) mass is 429 g/mol. The maximum Gasteiger partial charge on any atom is 0.187 e. The van der Waals surface area contributed by atoms with E-state index in [0.717, 1.165) is 0 Å². The fourth-order valence-electron chi connectivity index (χ4n) is 3.66. The van der Waals surface area contributed by atoms with Crippen LogP contribution in [-0.2, 0) is 14.2 Å². The number of hydrogen-bond acceptors (Lipinski definition) is 13. The zero-order chi connectivity index (χ0) is 21.6. The third-order valence-electron chi connectivity index (χ3n) is 5.29. The van der Waals surface area contributed by atoms with Crippen molar-refractivity contribution in [3.8, 4) is 0 Å². The van der Waals surface area contributed by atoms with E-state index in [9.17, 15) is 30.6 Å². The highest BCUT2D eigenvalue weighted by molar-refractivity contribution is 5.81. The average Bonchev–Trinajstić information content (AvgIpc) is 3.30. The number of aliphatic hydroxyl groups is 6. The number of hydrogen-bond donors (Lipinski definition) is 7. The van der Waals surface area contributed by atoms with Crippen molar-refractivity contribution in [1.29, 1.82) is 0 Å². The molecule has 2 fully saturated rings. The molecule has 166 valence electrons. The van der Waals surface area contributed by atoms with Gasteiger partial charge in [-0.3, -0.25) is 4.57 Å². The van der Waals surface area contributed by atoms with E-state index >= 15 is 0 Å². The van der Waals surface area contributed by atoms with Crippen LogP contribution in [0.5, 0.6) is 0 Å². The van der Waals surface area contributed by atoms with E-state index in [1.54, 1.807) is 0 Å². The van der Waals surface area contributed by atoms with E-state index in [1.807, 2.05) is 0 Å². The van der Waals surface area contributed by atoms with Crippen LogP contribution in [0.4, 0.5) is 5.82 Å². The van der Waals surface area contributed by atoms with Crippen molar-refractivity contribution in [2.75, 3.05) is 18.9 Å². The lowest BCUT2D eigenvalue weighted by molar-refractivity contribution is -0.318. The molecule has 14 nitrogen and oxygen atoms in total. The molecule has 0 radical (unpaired) electrons. The Bertz CT molecular complexity index is 882. The van der Waals surface area contributed by atoms with Crippen LogP contribution in [0.25, 0.3) is 11.2 Å². The van der Waals surface area contributed by atoms with Gasteiger partial charge in [0.1, 0.15) is 54.6 Å². The molecule has 0 amide bonds. The van der Waals surface area contributed by atoms with Crippen LogP contribution in [0.2, 0.25) is 0 Å². The van der Waals surface area contributed by atoms with Crippen LogP contribution in [0.3, 0.4) is 0 Å². The topological polar surface area (TPSA) is 219 Å². The lowest BCUT2D eigenvalue weighted by Crippen LogP contribution is -2.60. The van der Waals surface area contributed by atoms with E-state index in [-0.39, 0.29) is 11.5 Å². The van der Waals surface area contributed by atoms with Gasteiger partial charge in [0.25, 0.3) is 0 Å². The second-order valence-electron chi connectivity index (χ2n) is 7.12. The largest absolute Gasteiger partial charge is 0.394 e. The van der Waals surface area contributed by atoms with Gasteiger partial charge >= 0.3 is 0 Å². The summed E-state index contributed by atoms with van der Waals surface area (Å²) in [7, 11) is 0.